The largest absolute Gasteiger partial charge is 0.482 e. The summed E-state index contributed by atoms with van der Waals surface area (Å²) >= 11 is 19.8. The van der Waals surface area contributed by atoms with E-state index in [2.05, 4.69) is 20.4 Å². The van der Waals surface area contributed by atoms with Gasteiger partial charge in [-0.05, 0) is 76.3 Å². The Morgan fingerprint density at radius 3 is 2.55 bits per heavy atom. The number of carbonyl (C=O) groups excluding carboxylic acids is 2. The van der Waals surface area contributed by atoms with E-state index in [9.17, 15) is 9.59 Å². The Hall–Kier alpha value is -3.30. The van der Waals surface area contributed by atoms with Crippen LogP contribution < -0.4 is 15.5 Å². The molecule has 0 saturated heterocycles. The number of aryl methyl sites for hydroxylation is 3. The zero-order valence-electron chi connectivity index (χ0n) is 23.3. The van der Waals surface area contributed by atoms with Crippen LogP contribution >= 0.6 is 46.1 Å². The van der Waals surface area contributed by atoms with Crippen LogP contribution in [0.15, 0.2) is 47.6 Å². The fraction of sp³-hybridized carbons (Fsp3) is 0.258. The third kappa shape index (κ3) is 6.52. The van der Waals surface area contributed by atoms with Gasteiger partial charge in [-0.2, -0.15) is 5.10 Å². The van der Waals surface area contributed by atoms with Gasteiger partial charge in [0.1, 0.15) is 15.8 Å². The lowest BCUT2D eigenvalue weighted by molar-refractivity contribution is -0.123. The number of fused-ring (bicyclic) bond motifs is 1. The monoisotopic (exact) mass is 642 g/mol. The molecule has 0 aliphatic heterocycles. The van der Waals surface area contributed by atoms with Crippen LogP contribution in [0.3, 0.4) is 0 Å². The van der Waals surface area contributed by atoms with E-state index in [0.29, 0.717) is 5.02 Å². The minimum absolute atomic E-state index is 0.107. The van der Waals surface area contributed by atoms with Crippen LogP contribution in [0, 0.1) is 20.8 Å². The number of thiophene rings is 1. The standard InChI is InChI=1S/C31H29Cl3N4O3S/c1-17-8-10-22(11-9-17)36-30(40)28-23-6-4-5-7-26(23)42-31(28)38-18(2)12-20(19(38)3)15-35-37-27(39)16-41-25-14-21(32)13-24(33)29(25)34/h8-15H,4-7,16H2,1-3H3,(H,36,40)(H,37,39)/b35-15-. The minimum atomic E-state index is -0.479. The molecule has 0 bridgehead atoms. The number of rotatable bonds is 8. The van der Waals surface area contributed by atoms with Gasteiger partial charge in [0.2, 0.25) is 0 Å². The van der Waals surface area contributed by atoms with Gasteiger partial charge in [-0.1, -0.05) is 52.5 Å². The van der Waals surface area contributed by atoms with Gasteiger partial charge in [0.15, 0.2) is 6.61 Å². The number of halogens is 3. The number of aromatic nitrogens is 1. The number of ether oxygens (including phenoxy) is 1. The summed E-state index contributed by atoms with van der Waals surface area (Å²) in [6.45, 7) is 5.67. The molecule has 0 radical (unpaired) electrons. The highest BCUT2D eigenvalue weighted by molar-refractivity contribution is 7.15. The molecule has 11 heteroatoms. The Labute approximate surface area is 263 Å². The molecule has 0 saturated carbocycles. The fourth-order valence-electron chi connectivity index (χ4n) is 4.99. The summed E-state index contributed by atoms with van der Waals surface area (Å²) in [5.41, 5.74) is 8.92. The fourth-order valence-corrected chi connectivity index (χ4v) is 7.13. The first-order chi connectivity index (χ1) is 20.1. The molecule has 0 atom stereocenters. The second-order valence-corrected chi connectivity index (χ2v) is 12.5. The molecular weight excluding hydrogens is 615 g/mol. The van der Waals surface area contributed by atoms with Crippen molar-refractivity contribution in [1.29, 1.82) is 0 Å². The van der Waals surface area contributed by atoms with E-state index in [1.165, 1.54) is 17.0 Å². The SMILES string of the molecule is Cc1ccc(NC(=O)c2c(-n3c(C)cc(/C=N\NC(=O)COc4cc(Cl)cc(Cl)c4Cl)c3C)sc3c2CCCC3)cc1. The van der Waals surface area contributed by atoms with Crippen molar-refractivity contribution in [2.24, 2.45) is 5.10 Å². The normalized spacial score (nSPS) is 12.8. The third-order valence-corrected chi connectivity index (χ3v) is 9.35. The molecule has 0 unspecified atom stereocenters. The van der Waals surface area contributed by atoms with E-state index >= 15 is 0 Å². The molecule has 0 fully saturated rings. The summed E-state index contributed by atoms with van der Waals surface area (Å²) in [6, 6.07) is 12.8. The number of hydrogen-bond donors (Lipinski definition) is 2. The van der Waals surface area contributed by atoms with Gasteiger partial charge in [-0.3, -0.25) is 9.59 Å². The average molecular weight is 644 g/mol. The highest BCUT2D eigenvalue weighted by Gasteiger charge is 2.28. The van der Waals surface area contributed by atoms with Gasteiger partial charge >= 0.3 is 0 Å². The molecule has 2 aromatic heterocycles. The molecule has 218 valence electrons. The minimum Gasteiger partial charge on any atom is -0.482 e. The van der Waals surface area contributed by atoms with Crippen molar-refractivity contribution < 1.29 is 14.3 Å². The number of benzene rings is 2. The number of hydrogen-bond acceptors (Lipinski definition) is 5. The summed E-state index contributed by atoms with van der Waals surface area (Å²) in [5.74, 6) is -0.379. The number of carbonyl (C=O) groups is 2. The molecule has 2 amide bonds. The van der Waals surface area contributed by atoms with Crippen LogP contribution in [0.1, 0.15) is 56.2 Å². The molecule has 5 rings (SSSR count). The molecule has 1 aliphatic carbocycles. The van der Waals surface area contributed by atoms with Crippen LogP contribution in [-0.2, 0) is 17.6 Å². The van der Waals surface area contributed by atoms with Gasteiger partial charge in [-0.15, -0.1) is 11.3 Å². The van der Waals surface area contributed by atoms with Crippen LogP contribution in [0.2, 0.25) is 15.1 Å². The van der Waals surface area contributed by atoms with E-state index in [4.69, 9.17) is 39.5 Å². The predicted molar refractivity (Wildman–Crippen MR) is 172 cm³/mol. The smallest absolute Gasteiger partial charge is 0.277 e. The average Bonchev–Trinajstić information content (AvgIpc) is 3.46. The van der Waals surface area contributed by atoms with Crippen molar-refractivity contribution in [1.82, 2.24) is 9.99 Å². The maximum absolute atomic E-state index is 13.7. The van der Waals surface area contributed by atoms with Crippen molar-refractivity contribution in [3.8, 4) is 10.8 Å². The number of amides is 2. The van der Waals surface area contributed by atoms with E-state index in [0.717, 1.165) is 70.0 Å². The Bertz CT molecular complexity index is 1690. The number of nitrogens with one attached hydrogen (secondary N) is 2. The lowest BCUT2D eigenvalue weighted by atomic mass is 9.95. The summed E-state index contributed by atoms with van der Waals surface area (Å²) < 4.78 is 7.57. The van der Waals surface area contributed by atoms with Crippen molar-refractivity contribution in [3.05, 3.63) is 96.1 Å². The Morgan fingerprint density at radius 1 is 1.05 bits per heavy atom. The van der Waals surface area contributed by atoms with E-state index in [-0.39, 0.29) is 28.3 Å². The van der Waals surface area contributed by atoms with Crippen molar-refractivity contribution >= 4 is 69.9 Å². The quantitative estimate of drug-likeness (QED) is 0.116. The van der Waals surface area contributed by atoms with Gasteiger partial charge < -0.3 is 14.6 Å². The van der Waals surface area contributed by atoms with Crippen LogP contribution in [0.25, 0.3) is 5.00 Å². The molecule has 2 heterocycles. The zero-order chi connectivity index (χ0) is 30.0. The zero-order valence-corrected chi connectivity index (χ0v) is 26.4. The van der Waals surface area contributed by atoms with Crippen molar-refractivity contribution in [3.63, 3.8) is 0 Å². The van der Waals surface area contributed by atoms with Gasteiger partial charge in [-0.25, -0.2) is 5.43 Å². The van der Waals surface area contributed by atoms with Crippen LogP contribution in [0.5, 0.6) is 5.75 Å². The maximum atomic E-state index is 13.7. The van der Waals surface area contributed by atoms with E-state index in [1.807, 2.05) is 51.1 Å². The molecule has 7 nitrogen and oxygen atoms in total. The number of anilines is 1. The van der Waals surface area contributed by atoms with E-state index in [1.54, 1.807) is 17.6 Å². The summed E-state index contributed by atoms with van der Waals surface area (Å²) in [4.78, 5) is 27.3. The van der Waals surface area contributed by atoms with E-state index < -0.39 is 5.91 Å². The van der Waals surface area contributed by atoms with Crippen LogP contribution in [0.4, 0.5) is 5.69 Å². The molecular formula is C31H29Cl3N4O3S. The number of nitrogens with zero attached hydrogens (tertiary/aromatic N) is 2. The highest BCUT2D eigenvalue weighted by Crippen LogP contribution is 2.39. The van der Waals surface area contributed by atoms with Gasteiger partial charge in [0, 0.05) is 38.6 Å². The van der Waals surface area contributed by atoms with Gasteiger partial charge in [0.25, 0.3) is 11.8 Å². The molecule has 2 N–H and O–H groups in total. The first kappa shape index (κ1) is 30.2. The third-order valence-electron chi connectivity index (χ3n) is 7.07. The Kier molecular flexibility index (Phi) is 9.28. The lowest BCUT2D eigenvalue weighted by Crippen LogP contribution is -2.24. The second kappa shape index (κ2) is 12.9. The first-order valence-corrected chi connectivity index (χ1v) is 15.4. The molecule has 42 heavy (non-hydrogen) atoms. The van der Waals surface area contributed by atoms with Gasteiger partial charge in [0.05, 0.1) is 16.8 Å². The lowest BCUT2D eigenvalue weighted by Gasteiger charge is -2.14. The summed E-state index contributed by atoms with van der Waals surface area (Å²) in [6.07, 6.45) is 5.62. The molecule has 0 spiro atoms. The maximum Gasteiger partial charge on any atom is 0.277 e. The Morgan fingerprint density at radius 2 is 1.79 bits per heavy atom. The molecule has 2 aromatic carbocycles. The first-order valence-electron chi connectivity index (χ1n) is 13.4. The molecule has 4 aromatic rings. The highest BCUT2D eigenvalue weighted by atomic mass is 35.5. The number of hydrazone groups is 1. The summed E-state index contributed by atoms with van der Waals surface area (Å²) in [7, 11) is 0. The van der Waals surface area contributed by atoms with Crippen LogP contribution in [-0.4, -0.2) is 29.2 Å². The van der Waals surface area contributed by atoms with Crippen molar-refractivity contribution in [2.45, 2.75) is 46.5 Å². The van der Waals surface area contributed by atoms with Crippen molar-refractivity contribution in [2.75, 3.05) is 11.9 Å². The molecule has 1 aliphatic rings. The predicted octanol–water partition coefficient (Wildman–Crippen LogP) is 8.08. The Balaban J connectivity index is 1.35. The second-order valence-electron chi connectivity index (χ2n) is 10.2. The topological polar surface area (TPSA) is 84.7 Å². The summed E-state index contributed by atoms with van der Waals surface area (Å²) in [5, 5.41) is 8.88.